The Morgan fingerprint density at radius 2 is 1.81 bits per heavy atom. The summed E-state index contributed by atoms with van der Waals surface area (Å²) in [5.41, 5.74) is 5.50. The molecule has 3 aromatic carbocycles. The van der Waals surface area contributed by atoms with Crippen LogP contribution in [0.25, 0.3) is 0 Å². The molecule has 3 aromatic rings. The van der Waals surface area contributed by atoms with Crippen molar-refractivity contribution in [2.75, 3.05) is 23.4 Å². The Labute approximate surface area is 187 Å². The number of nitrogens with one attached hydrogen (secondary N) is 1. The lowest BCUT2D eigenvalue weighted by atomic mass is 10.1. The van der Waals surface area contributed by atoms with Crippen molar-refractivity contribution in [3.05, 3.63) is 82.9 Å². The second-order valence-electron chi connectivity index (χ2n) is 7.91. The van der Waals surface area contributed by atoms with Gasteiger partial charge in [0.1, 0.15) is 11.5 Å². The first-order valence-electron chi connectivity index (χ1n) is 10.5. The van der Waals surface area contributed by atoms with E-state index in [1.807, 2.05) is 63.2 Å². The van der Waals surface area contributed by atoms with Crippen LogP contribution >= 0.6 is 0 Å². The Bertz CT molecular complexity index is 1170. The SMILES string of the molecule is Cc1ccccc1CN1C(=O)COc2ccc(NC(=O)COc3cccc(C)c3C)cc21. The molecule has 1 aliphatic heterocycles. The normalized spacial score (nSPS) is 12.7. The Kier molecular flexibility index (Phi) is 6.12. The summed E-state index contributed by atoms with van der Waals surface area (Å²) < 4.78 is 11.3. The molecule has 0 radical (unpaired) electrons. The largest absolute Gasteiger partial charge is 0.483 e. The maximum Gasteiger partial charge on any atom is 0.265 e. The molecule has 4 rings (SSSR count). The molecule has 1 aliphatic rings. The number of anilines is 2. The summed E-state index contributed by atoms with van der Waals surface area (Å²) >= 11 is 0. The fraction of sp³-hybridized carbons (Fsp3) is 0.231. The molecule has 2 amide bonds. The van der Waals surface area contributed by atoms with E-state index < -0.39 is 0 Å². The molecule has 0 bridgehead atoms. The van der Waals surface area contributed by atoms with Gasteiger partial charge in [0.05, 0.1) is 12.2 Å². The first kappa shape index (κ1) is 21.4. The Morgan fingerprint density at radius 3 is 2.62 bits per heavy atom. The van der Waals surface area contributed by atoms with Gasteiger partial charge in [0.15, 0.2) is 13.2 Å². The van der Waals surface area contributed by atoms with Gasteiger partial charge < -0.3 is 19.7 Å². The summed E-state index contributed by atoms with van der Waals surface area (Å²) in [6, 6.07) is 19.0. The average Bonchev–Trinajstić information content (AvgIpc) is 2.78. The molecule has 164 valence electrons. The summed E-state index contributed by atoms with van der Waals surface area (Å²) in [5.74, 6) is 0.902. The zero-order valence-corrected chi connectivity index (χ0v) is 18.5. The minimum absolute atomic E-state index is 0.00568. The standard InChI is InChI=1S/C26H26N2O4/c1-17-8-6-10-23(19(17)3)31-15-25(29)27-21-11-12-24-22(13-21)28(26(30)16-32-24)14-20-9-5-4-7-18(20)2/h4-13H,14-16H2,1-3H3,(H,27,29). The van der Waals surface area contributed by atoms with Crippen LogP contribution in [0.2, 0.25) is 0 Å². The van der Waals surface area contributed by atoms with E-state index >= 15 is 0 Å². The van der Waals surface area contributed by atoms with E-state index in [2.05, 4.69) is 5.32 Å². The molecule has 0 saturated heterocycles. The van der Waals surface area contributed by atoms with Gasteiger partial charge >= 0.3 is 0 Å². The minimum Gasteiger partial charge on any atom is -0.483 e. The second kappa shape index (κ2) is 9.14. The topological polar surface area (TPSA) is 67.9 Å². The van der Waals surface area contributed by atoms with E-state index in [9.17, 15) is 9.59 Å². The highest BCUT2D eigenvalue weighted by molar-refractivity contribution is 5.99. The molecule has 0 fully saturated rings. The van der Waals surface area contributed by atoms with Crippen LogP contribution in [-0.2, 0) is 16.1 Å². The summed E-state index contributed by atoms with van der Waals surface area (Å²) in [4.78, 5) is 26.8. The Balaban J connectivity index is 1.49. The number of fused-ring (bicyclic) bond motifs is 1. The number of amides is 2. The van der Waals surface area contributed by atoms with Crippen LogP contribution in [0.4, 0.5) is 11.4 Å². The molecule has 6 heteroatoms. The van der Waals surface area contributed by atoms with Crippen molar-refractivity contribution < 1.29 is 19.1 Å². The molecule has 0 spiro atoms. The van der Waals surface area contributed by atoms with Crippen molar-refractivity contribution >= 4 is 23.2 Å². The number of aryl methyl sites for hydroxylation is 2. The van der Waals surface area contributed by atoms with Crippen molar-refractivity contribution in [2.45, 2.75) is 27.3 Å². The zero-order chi connectivity index (χ0) is 22.7. The van der Waals surface area contributed by atoms with E-state index in [1.165, 1.54) is 0 Å². The minimum atomic E-state index is -0.278. The van der Waals surface area contributed by atoms with Crippen molar-refractivity contribution in [1.82, 2.24) is 0 Å². The van der Waals surface area contributed by atoms with Gasteiger partial charge in [-0.25, -0.2) is 0 Å². The number of carbonyl (C=O) groups is 2. The highest BCUT2D eigenvalue weighted by Crippen LogP contribution is 2.35. The maximum absolute atomic E-state index is 12.6. The van der Waals surface area contributed by atoms with Crippen LogP contribution < -0.4 is 19.7 Å². The van der Waals surface area contributed by atoms with Crippen LogP contribution in [0, 0.1) is 20.8 Å². The molecule has 0 aromatic heterocycles. The molecule has 1 N–H and O–H groups in total. The quantitative estimate of drug-likeness (QED) is 0.623. The fourth-order valence-electron chi connectivity index (χ4n) is 3.63. The van der Waals surface area contributed by atoms with E-state index in [1.54, 1.807) is 23.1 Å². The van der Waals surface area contributed by atoms with Gasteiger partial charge in [-0.1, -0.05) is 36.4 Å². The second-order valence-corrected chi connectivity index (χ2v) is 7.91. The Hall–Kier alpha value is -3.80. The molecule has 1 heterocycles. The van der Waals surface area contributed by atoms with Gasteiger partial charge in [-0.2, -0.15) is 0 Å². The van der Waals surface area contributed by atoms with Crippen LogP contribution in [0.5, 0.6) is 11.5 Å². The lowest BCUT2D eigenvalue weighted by molar-refractivity contribution is -0.121. The third kappa shape index (κ3) is 4.59. The van der Waals surface area contributed by atoms with E-state index in [4.69, 9.17) is 9.47 Å². The fourth-order valence-corrected chi connectivity index (χ4v) is 3.63. The number of hydrogen-bond acceptors (Lipinski definition) is 4. The number of nitrogens with zero attached hydrogens (tertiary/aromatic N) is 1. The first-order valence-corrected chi connectivity index (χ1v) is 10.5. The molecule has 6 nitrogen and oxygen atoms in total. The number of benzene rings is 3. The average molecular weight is 431 g/mol. The highest BCUT2D eigenvalue weighted by Gasteiger charge is 2.26. The van der Waals surface area contributed by atoms with Crippen molar-refractivity contribution in [1.29, 1.82) is 0 Å². The number of rotatable bonds is 6. The highest BCUT2D eigenvalue weighted by atomic mass is 16.5. The lowest BCUT2D eigenvalue weighted by Crippen LogP contribution is -2.38. The van der Waals surface area contributed by atoms with Gasteiger partial charge in [0, 0.05) is 5.69 Å². The molecule has 32 heavy (non-hydrogen) atoms. The van der Waals surface area contributed by atoms with Crippen LogP contribution in [0.15, 0.2) is 60.7 Å². The lowest BCUT2D eigenvalue weighted by Gasteiger charge is -2.30. The van der Waals surface area contributed by atoms with Crippen LogP contribution in [0.3, 0.4) is 0 Å². The number of ether oxygens (including phenoxy) is 2. The summed E-state index contributed by atoms with van der Waals surface area (Å²) in [6.07, 6.45) is 0. The van der Waals surface area contributed by atoms with Gasteiger partial charge in [0.2, 0.25) is 0 Å². The predicted molar refractivity (Wildman–Crippen MR) is 124 cm³/mol. The van der Waals surface area contributed by atoms with Crippen LogP contribution in [0.1, 0.15) is 22.3 Å². The Morgan fingerprint density at radius 1 is 1.03 bits per heavy atom. The molecular formula is C26H26N2O4. The van der Waals surface area contributed by atoms with Gasteiger partial charge in [-0.05, 0) is 67.3 Å². The first-order chi connectivity index (χ1) is 15.4. The van der Waals surface area contributed by atoms with Gasteiger partial charge in [0.25, 0.3) is 11.8 Å². The maximum atomic E-state index is 12.6. The third-order valence-corrected chi connectivity index (χ3v) is 5.69. The predicted octanol–water partition coefficient (Wildman–Crippen LogP) is 4.55. The monoisotopic (exact) mass is 430 g/mol. The van der Waals surface area contributed by atoms with Crippen LogP contribution in [-0.4, -0.2) is 25.0 Å². The smallest absolute Gasteiger partial charge is 0.265 e. The van der Waals surface area contributed by atoms with Crippen molar-refractivity contribution in [3.8, 4) is 11.5 Å². The van der Waals surface area contributed by atoms with E-state index in [0.29, 0.717) is 29.4 Å². The summed E-state index contributed by atoms with van der Waals surface area (Å²) in [7, 11) is 0. The zero-order valence-electron chi connectivity index (χ0n) is 18.5. The summed E-state index contributed by atoms with van der Waals surface area (Å²) in [6.45, 7) is 6.31. The molecule has 0 saturated carbocycles. The van der Waals surface area contributed by atoms with Crippen molar-refractivity contribution in [2.24, 2.45) is 0 Å². The summed E-state index contributed by atoms with van der Waals surface area (Å²) in [5, 5.41) is 2.85. The molecule has 0 unspecified atom stereocenters. The third-order valence-electron chi connectivity index (χ3n) is 5.69. The number of hydrogen-bond donors (Lipinski definition) is 1. The van der Waals surface area contributed by atoms with Gasteiger partial charge in [-0.3, -0.25) is 9.59 Å². The molecule has 0 aliphatic carbocycles. The molecular weight excluding hydrogens is 404 g/mol. The van der Waals surface area contributed by atoms with E-state index in [-0.39, 0.29) is 25.0 Å². The van der Waals surface area contributed by atoms with E-state index in [0.717, 1.165) is 22.3 Å². The van der Waals surface area contributed by atoms with Gasteiger partial charge in [-0.15, -0.1) is 0 Å². The van der Waals surface area contributed by atoms with Crippen molar-refractivity contribution in [3.63, 3.8) is 0 Å². The molecule has 0 atom stereocenters. The number of carbonyl (C=O) groups excluding carboxylic acids is 2.